The Bertz CT molecular complexity index is 426. The van der Waals surface area contributed by atoms with Crippen LogP contribution in [0, 0.1) is 6.92 Å². The average molecular weight is 235 g/mol. The largest absolute Gasteiger partial charge is 0.265 e. The molecule has 0 radical (unpaired) electrons. The summed E-state index contributed by atoms with van der Waals surface area (Å²) < 4.78 is 26.1. The Labute approximate surface area is 88.8 Å². The van der Waals surface area contributed by atoms with Crippen molar-refractivity contribution in [2.24, 2.45) is 0 Å². The van der Waals surface area contributed by atoms with Gasteiger partial charge < -0.3 is 0 Å². The first-order chi connectivity index (χ1) is 6.38. The second-order valence-corrected chi connectivity index (χ2v) is 5.12. The smallest absolute Gasteiger partial charge is 0.264 e. The molecule has 78 valence electrons. The van der Waals surface area contributed by atoms with E-state index in [2.05, 4.69) is 4.18 Å². The van der Waals surface area contributed by atoms with Crippen molar-refractivity contribution >= 4 is 21.7 Å². The Morgan fingerprint density at radius 1 is 1.43 bits per heavy atom. The van der Waals surface area contributed by atoms with Gasteiger partial charge in [0.05, 0.1) is 12.9 Å². The fraction of sp³-hybridized carbons (Fsp3) is 0.333. The molecule has 0 fully saturated rings. The van der Waals surface area contributed by atoms with Crippen LogP contribution in [0.5, 0.6) is 0 Å². The summed E-state index contributed by atoms with van der Waals surface area (Å²) >= 11 is 5.75. The highest BCUT2D eigenvalue weighted by atomic mass is 35.5. The molecule has 0 aromatic heterocycles. The minimum absolute atomic E-state index is 0.0574. The Kier molecular flexibility index (Phi) is 3.53. The van der Waals surface area contributed by atoms with Gasteiger partial charge in [-0.15, -0.1) is 0 Å². The van der Waals surface area contributed by atoms with E-state index in [1.807, 2.05) is 6.92 Å². The second kappa shape index (κ2) is 4.29. The van der Waals surface area contributed by atoms with Crippen LogP contribution in [-0.4, -0.2) is 14.7 Å². The van der Waals surface area contributed by atoms with Gasteiger partial charge in [0.25, 0.3) is 10.1 Å². The molecule has 0 aliphatic heterocycles. The molecule has 5 heteroatoms. The van der Waals surface area contributed by atoms with Crippen molar-refractivity contribution in [3.8, 4) is 0 Å². The SMILES string of the molecule is Cc1cc(Cl)ccc1COS(C)(=O)=O. The number of rotatable bonds is 3. The molecule has 0 aliphatic rings. The first-order valence-electron chi connectivity index (χ1n) is 3.98. The molecule has 0 saturated heterocycles. The van der Waals surface area contributed by atoms with Crippen LogP contribution in [0.3, 0.4) is 0 Å². The predicted octanol–water partition coefficient (Wildman–Crippen LogP) is 2.12. The summed E-state index contributed by atoms with van der Waals surface area (Å²) in [6.45, 7) is 1.91. The van der Waals surface area contributed by atoms with Gasteiger partial charge in [0, 0.05) is 5.02 Å². The Morgan fingerprint density at radius 2 is 2.07 bits per heavy atom. The van der Waals surface area contributed by atoms with Crippen molar-refractivity contribution in [1.29, 1.82) is 0 Å². The second-order valence-electron chi connectivity index (χ2n) is 3.04. The molecule has 0 atom stereocenters. The van der Waals surface area contributed by atoms with Crippen LogP contribution >= 0.6 is 11.6 Å². The number of benzene rings is 1. The molecule has 0 aliphatic carbocycles. The van der Waals surface area contributed by atoms with E-state index in [-0.39, 0.29) is 6.61 Å². The van der Waals surface area contributed by atoms with Gasteiger partial charge in [0.15, 0.2) is 0 Å². The fourth-order valence-electron chi connectivity index (χ4n) is 0.992. The molecule has 0 heterocycles. The van der Waals surface area contributed by atoms with E-state index < -0.39 is 10.1 Å². The predicted molar refractivity (Wildman–Crippen MR) is 55.8 cm³/mol. The lowest BCUT2D eigenvalue weighted by Crippen LogP contribution is -2.03. The maximum Gasteiger partial charge on any atom is 0.264 e. The molecular weight excluding hydrogens is 224 g/mol. The van der Waals surface area contributed by atoms with Crippen LogP contribution in [0.4, 0.5) is 0 Å². The number of aryl methyl sites for hydroxylation is 1. The highest BCUT2D eigenvalue weighted by Gasteiger charge is 2.04. The number of hydrogen-bond acceptors (Lipinski definition) is 3. The summed E-state index contributed by atoms with van der Waals surface area (Å²) in [7, 11) is -3.38. The molecule has 0 unspecified atom stereocenters. The van der Waals surface area contributed by atoms with Gasteiger partial charge in [0.1, 0.15) is 0 Å². The minimum atomic E-state index is -3.38. The van der Waals surface area contributed by atoms with Gasteiger partial charge in [-0.3, -0.25) is 4.18 Å². The first kappa shape index (κ1) is 11.5. The Morgan fingerprint density at radius 3 is 2.57 bits per heavy atom. The number of hydrogen-bond donors (Lipinski definition) is 0. The molecule has 0 amide bonds. The zero-order chi connectivity index (χ0) is 10.8. The topological polar surface area (TPSA) is 43.4 Å². The lowest BCUT2D eigenvalue weighted by Gasteiger charge is -2.05. The maximum atomic E-state index is 10.7. The van der Waals surface area contributed by atoms with E-state index in [4.69, 9.17) is 11.6 Å². The van der Waals surface area contributed by atoms with Gasteiger partial charge >= 0.3 is 0 Å². The van der Waals surface area contributed by atoms with Crippen molar-refractivity contribution in [3.63, 3.8) is 0 Å². The molecule has 1 aromatic rings. The first-order valence-corrected chi connectivity index (χ1v) is 6.17. The van der Waals surface area contributed by atoms with Gasteiger partial charge in [-0.2, -0.15) is 8.42 Å². The Hall–Kier alpha value is -0.580. The molecular formula is C9H11ClO3S. The average Bonchev–Trinajstić information content (AvgIpc) is 2.00. The zero-order valence-corrected chi connectivity index (χ0v) is 9.52. The molecule has 0 saturated carbocycles. The third-order valence-electron chi connectivity index (χ3n) is 1.73. The summed E-state index contributed by atoms with van der Waals surface area (Å²) in [4.78, 5) is 0. The van der Waals surface area contributed by atoms with Gasteiger partial charge in [-0.25, -0.2) is 0 Å². The molecule has 0 spiro atoms. The van der Waals surface area contributed by atoms with Crippen LogP contribution in [0.1, 0.15) is 11.1 Å². The third-order valence-corrected chi connectivity index (χ3v) is 2.51. The molecule has 0 N–H and O–H groups in total. The van der Waals surface area contributed by atoms with Crippen molar-refractivity contribution < 1.29 is 12.6 Å². The van der Waals surface area contributed by atoms with E-state index in [0.29, 0.717) is 5.02 Å². The highest BCUT2D eigenvalue weighted by Crippen LogP contribution is 2.16. The monoisotopic (exact) mass is 234 g/mol. The number of halogens is 1. The zero-order valence-electron chi connectivity index (χ0n) is 7.95. The fourth-order valence-corrected chi connectivity index (χ4v) is 1.56. The van der Waals surface area contributed by atoms with Crippen LogP contribution in [0.15, 0.2) is 18.2 Å². The minimum Gasteiger partial charge on any atom is -0.265 e. The van der Waals surface area contributed by atoms with Crippen LogP contribution in [0.25, 0.3) is 0 Å². The summed E-state index contributed by atoms with van der Waals surface area (Å²) in [6.07, 6.45) is 1.03. The van der Waals surface area contributed by atoms with E-state index >= 15 is 0 Å². The quantitative estimate of drug-likeness (QED) is 0.753. The van der Waals surface area contributed by atoms with Crippen LogP contribution in [-0.2, 0) is 20.9 Å². The standard InChI is InChI=1S/C9H11ClO3S/c1-7-5-9(10)4-3-8(7)6-13-14(2,11)12/h3-5H,6H2,1-2H3. The van der Waals surface area contributed by atoms with Gasteiger partial charge in [0.2, 0.25) is 0 Å². The molecule has 3 nitrogen and oxygen atoms in total. The van der Waals surface area contributed by atoms with E-state index in [1.165, 1.54) is 0 Å². The van der Waals surface area contributed by atoms with E-state index in [9.17, 15) is 8.42 Å². The highest BCUT2D eigenvalue weighted by molar-refractivity contribution is 7.85. The van der Waals surface area contributed by atoms with Gasteiger partial charge in [-0.05, 0) is 30.2 Å². The van der Waals surface area contributed by atoms with E-state index in [0.717, 1.165) is 17.4 Å². The van der Waals surface area contributed by atoms with Crippen LogP contribution in [0.2, 0.25) is 5.02 Å². The van der Waals surface area contributed by atoms with E-state index in [1.54, 1.807) is 18.2 Å². The summed E-state index contributed by atoms with van der Waals surface area (Å²) in [5.41, 5.74) is 1.74. The molecule has 0 bridgehead atoms. The summed E-state index contributed by atoms with van der Waals surface area (Å²) in [5.74, 6) is 0. The van der Waals surface area contributed by atoms with Crippen molar-refractivity contribution in [2.75, 3.05) is 6.26 Å². The molecule has 14 heavy (non-hydrogen) atoms. The normalized spacial score (nSPS) is 11.6. The van der Waals surface area contributed by atoms with Gasteiger partial charge in [-0.1, -0.05) is 17.7 Å². The van der Waals surface area contributed by atoms with Crippen LogP contribution < -0.4 is 0 Å². The lowest BCUT2D eigenvalue weighted by atomic mass is 10.1. The molecule has 1 rings (SSSR count). The van der Waals surface area contributed by atoms with Crippen molar-refractivity contribution in [1.82, 2.24) is 0 Å². The summed E-state index contributed by atoms with van der Waals surface area (Å²) in [6, 6.07) is 5.22. The Balaban J connectivity index is 2.78. The lowest BCUT2D eigenvalue weighted by molar-refractivity contribution is 0.311. The van der Waals surface area contributed by atoms with Crippen molar-refractivity contribution in [3.05, 3.63) is 34.3 Å². The molecule has 1 aromatic carbocycles. The van der Waals surface area contributed by atoms with Crippen molar-refractivity contribution in [2.45, 2.75) is 13.5 Å². The summed E-state index contributed by atoms with van der Waals surface area (Å²) in [5, 5.41) is 0.630. The maximum absolute atomic E-state index is 10.7. The third kappa shape index (κ3) is 3.65.